The lowest BCUT2D eigenvalue weighted by Crippen LogP contribution is -2.08. The summed E-state index contributed by atoms with van der Waals surface area (Å²) >= 11 is 3.47. The lowest BCUT2D eigenvalue weighted by Gasteiger charge is -2.16. The van der Waals surface area contributed by atoms with Crippen molar-refractivity contribution in [2.24, 2.45) is 5.73 Å². The van der Waals surface area contributed by atoms with Crippen LogP contribution in [0.1, 0.15) is 29.7 Å². The van der Waals surface area contributed by atoms with Crippen molar-refractivity contribution >= 4 is 15.9 Å². The molecule has 0 radical (unpaired) electrons. The number of aryl methyl sites for hydroxylation is 2. The minimum absolute atomic E-state index is 0.271. The molecule has 0 spiro atoms. The fourth-order valence-electron chi connectivity index (χ4n) is 1.92. The van der Waals surface area contributed by atoms with Crippen LogP contribution in [0.4, 0.5) is 4.39 Å². The van der Waals surface area contributed by atoms with Crippen molar-refractivity contribution in [2.75, 3.05) is 0 Å². The van der Waals surface area contributed by atoms with E-state index in [-0.39, 0.29) is 11.9 Å². The van der Waals surface area contributed by atoms with Crippen LogP contribution in [-0.2, 0) is 0 Å². The highest BCUT2D eigenvalue weighted by Crippen LogP contribution is 2.35. The molecule has 0 aliphatic rings. The Balaban J connectivity index is 2.44. The van der Waals surface area contributed by atoms with Gasteiger partial charge in [-0.2, -0.15) is 0 Å². The van der Waals surface area contributed by atoms with Gasteiger partial charge in [-0.15, -0.1) is 0 Å². The van der Waals surface area contributed by atoms with Crippen LogP contribution in [-0.4, -0.2) is 0 Å². The highest BCUT2D eigenvalue weighted by atomic mass is 79.9. The molecule has 2 aromatic rings. The van der Waals surface area contributed by atoms with Gasteiger partial charge >= 0.3 is 0 Å². The maximum absolute atomic E-state index is 13.7. The number of halogens is 2. The molecule has 1 unspecified atom stereocenters. The van der Waals surface area contributed by atoms with Gasteiger partial charge in [0.1, 0.15) is 17.3 Å². The number of benzene rings is 2. The van der Waals surface area contributed by atoms with Crippen LogP contribution >= 0.6 is 15.9 Å². The molecule has 0 bridgehead atoms. The van der Waals surface area contributed by atoms with Crippen molar-refractivity contribution in [2.45, 2.75) is 26.8 Å². The van der Waals surface area contributed by atoms with E-state index in [0.717, 1.165) is 10.0 Å². The first-order valence-corrected chi connectivity index (χ1v) is 7.17. The van der Waals surface area contributed by atoms with Crippen LogP contribution < -0.4 is 10.5 Å². The van der Waals surface area contributed by atoms with E-state index in [0.29, 0.717) is 22.6 Å². The summed E-state index contributed by atoms with van der Waals surface area (Å²) in [7, 11) is 0. The SMILES string of the molecule is Cc1ccc(Oc2cc(C)c(F)cc2C(C)N)c(Br)c1. The third kappa shape index (κ3) is 3.19. The summed E-state index contributed by atoms with van der Waals surface area (Å²) in [5.74, 6) is 1.000. The first-order chi connectivity index (χ1) is 9.38. The first-order valence-electron chi connectivity index (χ1n) is 6.38. The number of hydrogen-bond donors (Lipinski definition) is 1. The lowest BCUT2D eigenvalue weighted by molar-refractivity contribution is 0.465. The Kier molecular flexibility index (Phi) is 4.45. The summed E-state index contributed by atoms with van der Waals surface area (Å²) in [6.07, 6.45) is 0. The van der Waals surface area contributed by atoms with Crippen molar-refractivity contribution in [3.8, 4) is 11.5 Å². The fourth-order valence-corrected chi connectivity index (χ4v) is 2.50. The van der Waals surface area contributed by atoms with Crippen LogP contribution in [0.15, 0.2) is 34.8 Å². The third-order valence-corrected chi connectivity index (χ3v) is 3.71. The number of rotatable bonds is 3. The fraction of sp³-hybridized carbons (Fsp3) is 0.250. The van der Waals surface area contributed by atoms with Gasteiger partial charge in [-0.05, 0) is 72.1 Å². The molecule has 106 valence electrons. The topological polar surface area (TPSA) is 35.2 Å². The highest BCUT2D eigenvalue weighted by Gasteiger charge is 2.14. The van der Waals surface area contributed by atoms with Crippen LogP contribution in [0.3, 0.4) is 0 Å². The van der Waals surface area contributed by atoms with Crippen LogP contribution in [0.5, 0.6) is 11.5 Å². The van der Waals surface area contributed by atoms with Gasteiger partial charge in [0.15, 0.2) is 0 Å². The second-order valence-electron chi connectivity index (χ2n) is 4.96. The maximum Gasteiger partial charge on any atom is 0.141 e. The molecule has 0 aromatic heterocycles. The van der Waals surface area contributed by atoms with Gasteiger partial charge in [0.25, 0.3) is 0 Å². The summed E-state index contributed by atoms with van der Waals surface area (Å²) in [6.45, 7) is 5.52. The molecule has 0 saturated heterocycles. The predicted molar refractivity (Wildman–Crippen MR) is 82.7 cm³/mol. The standard InChI is InChI=1S/C16H17BrFNO/c1-9-4-5-15(13(17)6-9)20-16-7-10(2)14(18)8-12(16)11(3)19/h4-8,11H,19H2,1-3H3. The number of nitrogens with two attached hydrogens (primary N) is 1. The largest absolute Gasteiger partial charge is 0.456 e. The smallest absolute Gasteiger partial charge is 0.141 e. The molecule has 0 amide bonds. The van der Waals surface area contributed by atoms with Crippen LogP contribution in [0.25, 0.3) is 0 Å². The molecule has 1 atom stereocenters. The van der Waals surface area contributed by atoms with Gasteiger partial charge < -0.3 is 10.5 Å². The van der Waals surface area contributed by atoms with E-state index < -0.39 is 0 Å². The first kappa shape index (κ1) is 15.0. The highest BCUT2D eigenvalue weighted by molar-refractivity contribution is 9.10. The molecule has 0 aliphatic carbocycles. The van der Waals surface area contributed by atoms with Crippen LogP contribution in [0.2, 0.25) is 0 Å². The Labute approximate surface area is 126 Å². The Morgan fingerprint density at radius 2 is 1.85 bits per heavy atom. The van der Waals surface area contributed by atoms with E-state index >= 15 is 0 Å². The van der Waals surface area contributed by atoms with Crippen molar-refractivity contribution in [1.82, 2.24) is 0 Å². The number of hydrogen-bond acceptors (Lipinski definition) is 2. The Morgan fingerprint density at radius 3 is 2.45 bits per heavy atom. The molecule has 0 heterocycles. The quantitative estimate of drug-likeness (QED) is 0.853. The zero-order chi connectivity index (χ0) is 14.9. The monoisotopic (exact) mass is 337 g/mol. The van der Waals surface area contributed by atoms with Gasteiger partial charge in [0, 0.05) is 11.6 Å². The molecule has 0 saturated carbocycles. The predicted octanol–water partition coefficient (Wildman–Crippen LogP) is 5.02. The maximum atomic E-state index is 13.7. The van der Waals surface area contributed by atoms with Crippen molar-refractivity contribution < 1.29 is 9.13 Å². The Morgan fingerprint density at radius 1 is 1.15 bits per heavy atom. The van der Waals surface area contributed by atoms with Gasteiger partial charge in [-0.1, -0.05) is 6.07 Å². The molecule has 0 fully saturated rings. The van der Waals surface area contributed by atoms with E-state index in [4.69, 9.17) is 10.5 Å². The van der Waals surface area contributed by atoms with Gasteiger partial charge in [0.05, 0.1) is 4.47 Å². The summed E-state index contributed by atoms with van der Waals surface area (Å²) in [5, 5.41) is 0. The van der Waals surface area contributed by atoms with E-state index in [1.807, 2.05) is 25.1 Å². The van der Waals surface area contributed by atoms with Crippen molar-refractivity contribution in [3.05, 3.63) is 57.3 Å². The molecule has 20 heavy (non-hydrogen) atoms. The molecule has 2 rings (SSSR count). The third-order valence-electron chi connectivity index (χ3n) is 3.09. The average molecular weight is 338 g/mol. The summed E-state index contributed by atoms with van der Waals surface area (Å²) in [4.78, 5) is 0. The van der Waals surface area contributed by atoms with Gasteiger partial charge in [-0.25, -0.2) is 4.39 Å². The van der Waals surface area contributed by atoms with E-state index in [2.05, 4.69) is 15.9 Å². The van der Waals surface area contributed by atoms with E-state index in [1.165, 1.54) is 6.07 Å². The minimum atomic E-state index is -0.302. The Bertz CT molecular complexity index is 641. The van der Waals surface area contributed by atoms with Gasteiger partial charge in [0.2, 0.25) is 0 Å². The summed E-state index contributed by atoms with van der Waals surface area (Å²) < 4.78 is 20.4. The molecular formula is C16H17BrFNO. The van der Waals surface area contributed by atoms with Crippen molar-refractivity contribution in [1.29, 1.82) is 0 Å². The summed E-state index contributed by atoms with van der Waals surface area (Å²) in [5.41, 5.74) is 8.21. The van der Waals surface area contributed by atoms with Crippen LogP contribution in [0, 0.1) is 19.7 Å². The lowest BCUT2D eigenvalue weighted by atomic mass is 10.0. The minimum Gasteiger partial charge on any atom is -0.456 e. The molecule has 2 N–H and O–H groups in total. The van der Waals surface area contributed by atoms with E-state index in [1.54, 1.807) is 19.9 Å². The Hall–Kier alpha value is -1.39. The van der Waals surface area contributed by atoms with Crippen molar-refractivity contribution in [3.63, 3.8) is 0 Å². The van der Waals surface area contributed by atoms with E-state index in [9.17, 15) is 4.39 Å². The molecule has 4 heteroatoms. The molecular weight excluding hydrogens is 321 g/mol. The zero-order valence-corrected chi connectivity index (χ0v) is 13.3. The molecule has 2 aromatic carbocycles. The average Bonchev–Trinajstić information content (AvgIpc) is 2.36. The molecule has 2 nitrogen and oxygen atoms in total. The second kappa shape index (κ2) is 5.94. The summed E-state index contributed by atoms with van der Waals surface area (Å²) in [6, 6.07) is 8.63. The molecule has 0 aliphatic heterocycles. The number of ether oxygens (including phenoxy) is 1. The zero-order valence-electron chi connectivity index (χ0n) is 11.7. The van der Waals surface area contributed by atoms with Gasteiger partial charge in [-0.3, -0.25) is 0 Å². The normalized spacial score (nSPS) is 12.3. The second-order valence-corrected chi connectivity index (χ2v) is 5.82.